The highest BCUT2D eigenvalue weighted by Gasteiger charge is 2.21. The molecule has 1 N–H and O–H groups in total. The minimum Gasteiger partial charge on any atom is -0.507 e. The second kappa shape index (κ2) is 3.76. The van der Waals surface area contributed by atoms with Gasteiger partial charge in [0.25, 0.3) is 5.91 Å². The van der Waals surface area contributed by atoms with Gasteiger partial charge in [-0.05, 0) is 47.2 Å². The molecule has 74 valence electrons. The van der Waals surface area contributed by atoms with Crippen LogP contribution in [0, 0.1) is 3.57 Å². The van der Waals surface area contributed by atoms with E-state index in [1.807, 2.05) is 22.6 Å². The van der Waals surface area contributed by atoms with Gasteiger partial charge in [-0.1, -0.05) is 0 Å². The minimum atomic E-state index is 0.0166. The molecule has 14 heavy (non-hydrogen) atoms. The topological polar surface area (TPSA) is 40.5 Å². The number of hydrogen-bond donors (Lipinski definition) is 1. The van der Waals surface area contributed by atoms with Crippen molar-refractivity contribution in [2.45, 2.75) is 6.42 Å². The van der Waals surface area contributed by atoms with Crippen LogP contribution in [0.15, 0.2) is 18.2 Å². The van der Waals surface area contributed by atoms with E-state index >= 15 is 0 Å². The summed E-state index contributed by atoms with van der Waals surface area (Å²) in [6.07, 6.45) is 1.09. The van der Waals surface area contributed by atoms with Crippen LogP contribution < -0.4 is 0 Å². The van der Waals surface area contributed by atoms with Crippen LogP contribution >= 0.6 is 22.6 Å². The molecule has 0 unspecified atom stereocenters. The van der Waals surface area contributed by atoms with E-state index in [0.717, 1.165) is 23.1 Å². The molecule has 1 aromatic carbocycles. The van der Waals surface area contributed by atoms with E-state index in [1.165, 1.54) is 6.07 Å². The zero-order chi connectivity index (χ0) is 10.1. The maximum atomic E-state index is 11.7. The maximum absolute atomic E-state index is 11.7. The highest BCUT2D eigenvalue weighted by atomic mass is 127. The fraction of sp³-hybridized carbons (Fsp3) is 0.300. The van der Waals surface area contributed by atoms with Crippen LogP contribution in [0.3, 0.4) is 0 Å². The van der Waals surface area contributed by atoms with Crippen molar-refractivity contribution >= 4 is 28.5 Å². The third-order valence-corrected chi connectivity index (χ3v) is 3.25. The van der Waals surface area contributed by atoms with Gasteiger partial charge in [-0.15, -0.1) is 0 Å². The predicted octanol–water partition coefficient (Wildman–Crippen LogP) is 1.84. The molecular formula is C10H10INO2. The molecule has 0 spiro atoms. The largest absolute Gasteiger partial charge is 0.507 e. The first-order valence-electron chi connectivity index (χ1n) is 4.46. The van der Waals surface area contributed by atoms with Gasteiger partial charge >= 0.3 is 0 Å². The molecule has 0 saturated carbocycles. The molecule has 1 aliphatic heterocycles. The van der Waals surface area contributed by atoms with Crippen LogP contribution in [0.25, 0.3) is 0 Å². The van der Waals surface area contributed by atoms with Crippen molar-refractivity contribution in [1.82, 2.24) is 4.90 Å². The van der Waals surface area contributed by atoms with E-state index < -0.39 is 0 Å². The van der Waals surface area contributed by atoms with Crippen molar-refractivity contribution in [1.29, 1.82) is 0 Å². The Morgan fingerprint density at radius 2 is 2.14 bits per heavy atom. The third-order valence-electron chi connectivity index (χ3n) is 2.34. The number of aromatic hydroxyl groups is 1. The molecule has 1 aliphatic rings. The summed E-state index contributed by atoms with van der Waals surface area (Å²) in [6, 6.07) is 5.04. The highest BCUT2D eigenvalue weighted by Crippen LogP contribution is 2.22. The molecule has 0 aliphatic carbocycles. The van der Waals surface area contributed by atoms with Gasteiger partial charge in [0.2, 0.25) is 0 Å². The average molecular weight is 303 g/mol. The van der Waals surface area contributed by atoms with Crippen LogP contribution in [-0.4, -0.2) is 29.0 Å². The number of nitrogens with zero attached hydrogens (tertiary/aromatic N) is 1. The van der Waals surface area contributed by atoms with Crippen molar-refractivity contribution in [2.24, 2.45) is 0 Å². The fourth-order valence-corrected chi connectivity index (χ4v) is 1.68. The monoisotopic (exact) mass is 303 g/mol. The summed E-state index contributed by atoms with van der Waals surface area (Å²) in [5, 5.41) is 9.44. The predicted molar refractivity (Wildman–Crippen MR) is 61.3 cm³/mol. The number of carbonyl (C=O) groups excluding carboxylic acids is 1. The molecule has 1 saturated heterocycles. The summed E-state index contributed by atoms with van der Waals surface area (Å²) < 4.78 is 0.766. The second-order valence-electron chi connectivity index (χ2n) is 3.31. The molecular weight excluding hydrogens is 293 g/mol. The Morgan fingerprint density at radius 3 is 2.64 bits per heavy atom. The number of phenolic OH excluding ortho intramolecular Hbond substituents is 1. The summed E-state index contributed by atoms with van der Waals surface area (Å²) in [6.45, 7) is 1.68. The number of benzene rings is 1. The Bertz CT molecular complexity index is 374. The van der Waals surface area contributed by atoms with Crippen molar-refractivity contribution in [2.75, 3.05) is 13.1 Å². The number of hydrogen-bond acceptors (Lipinski definition) is 2. The Labute approximate surface area is 95.9 Å². The molecule has 0 radical (unpaired) electrons. The van der Waals surface area contributed by atoms with Crippen molar-refractivity contribution in [3.05, 3.63) is 27.3 Å². The number of amides is 1. The normalized spacial score (nSPS) is 15.1. The first-order valence-corrected chi connectivity index (χ1v) is 5.54. The molecule has 0 atom stereocenters. The third kappa shape index (κ3) is 1.70. The molecule has 1 amide bonds. The number of halogens is 1. The first kappa shape index (κ1) is 9.76. The quantitative estimate of drug-likeness (QED) is 0.804. The molecule has 1 fully saturated rings. The standard InChI is InChI=1S/C10H10INO2/c11-8-3-2-7(6-9(8)13)10(14)12-4-1-5-12/h2-3,6,13H,1,4-5H2. The summed E-state index contributed by atoms with van der Waals surface area (Å²) in [5.41, 5.74) is 0.572. The highest BCUT2D eigenvalue weighted by molar-refractivity contribution is 14.1. The molecule has 4 heteroatoms. The van der Waals surface area contributed by atoms with Crippen molar-refractivity contribution in [3.63, 3.8) is 0 Å². The minimum absolute atomic E-state index is 0.0166. The zero-order valence-corrected chi connectivity index (χ0v) is 9.69. The van der Waals surface area contributed by atoms with Gasteiger partial charge in [-0.25, -0.2) is 0 Å². The van der Waals surface area contributed by atoms with Crippen LogP contribution in [0.5, 0.6) is 5.75 Å². The van der Waals surface area contributed by atoms with Gasteiger partial charge in [0.1, 0.15) is 5.75 Å². The molecule has 1 aromatic rings. The average Bonchev–Trinajstić information content (AvgIpc) is 2.06. The molecule has 3 nitrogen and oxygen atoms in total. The zero-order valence-electron chi connectivity index (χ0n) is 7.53. The van der Waals surface area contributed by atoms with E-state index in [0.29, 0.717) is 5.56 Å². The summed E-state index contributed by atoms with van der Waals surface area (Å²) in [5.74, 6) is 0.194. The summed E-state index contributed by atoms with van der Waals surface area (Å²) >= 11 is 2.03. The van der Waals surface area contributed by atoms with E-state index in [9.17, 15) is 9.90 Å². The first-order chi connectivity index (χ1) is 6.68. The van der Waals surface area contributed by atoms with Gasteiger partial charge in [0, 0.05) is 18.7 Å². The second-order valence-corrected chi connectivity index (χ2v) is 4.47. The van der Waals surface area contributed by atoms with Gasteiger partial charge < -0.3 is 10.0 Å². The van der Waals surface area contributed by atoms with Crippen LogP contribution in [0.2, 0.25) is 0 Å². The van der Waals surface area contributed by atoms with E-state index in [2.05, 4.69) is 0 Å². The van der Waals surface area contributed by atoms with Crippen LogP contribution in [0.4, 0.5) is 0 Å². The number of likely N-dealkylation sites (tertiary alicyclic amines) is 1. The summed E-state index contributed by atoms with van der Waals surface area (Å²) in [4.78, 5) is 13.5. The molecule has 0 aromatic heterocycles. The van der Waals surface area contributed by atoms with E-state index in [4.69, 9.17) is 0 Å². The van der Waals surface area contributed by atoms with Crippen LogP contribution in [-0.2, 0) is 0 Å². The number of carbonyl (C=O) groups is 1. The Hall–Kier alpha value is -0.780. The Morgan fingerprint density at radius 1 is 1.43 bits per heavy atom. The number of phenols is 1. The Kier molecular flexibility index (Phi) is 2.62. The fourth-order valence-electron chi connectivity index (χ4n) is 1.35. The SMILES string of the molecule is O=C(c1ccc(I)c(O)c1)N1CCC1. The lowest BCUT2D eigenvalue weighted by atomic mass is 10.1. The number of rotatable bonds is 1. The van der Waals surface area contributed by atoms with Crippen molar-refractivity contribution < 1.29 is 9.90 Å². The lowest BCUT2D eigenvalue weighted by Crippen LogP contribution is -2.41. The maximum Gasteiger partial charge on any atom is 0.253 e. The molecule has 1 heterocycles. The summed E-state index contributed by atoms with van der Waals surface area (Å²) in [7, 11) is 0. The lowest BCUT2D eigenvalue weighted by molar-refractivity contribution is 0.0651. The van der Waals surface area contributed by atoms with Gasteiger partial charge in [0.15, 0.2) is 0 Å². The van der Waals surface area contributed by atoms with Gasteiger partial charge in [-0.3, -0.25) is 4.79 Å². The molecule has 0 bridgehead atoms. The van der Waals surface area contributed by atoms with E-state index in [1.54, 1.807) is 17.0 Å². The van der Waals surface area contributed by atoms with Gasteiger partial charge in [0.05, 0.1) is 3.57 Å². The molecule has 2 rings (SSSR count). The Balaban J connectivity index is 2.23. The van der Waals surface area contributed by atoms with E-state index in [-0.39, 0.29) is 11.7 Å². The van der Waals surface area contributed by atoms with Gasteiger partial charge in [-0.2, -0.15) is 0 Å². The van der Waals surface area contributed by atoms with Crippen LogP contribution in [0.1, 0.15) is 16.8 Å². The lowest BCUT2D eigenvalue weighted by Gasteiger charge is -2.30. The smallest absolute Gasteiger partial charge is 0.253 e. The van der Waals surface area contributed by atoms with Crippen molar-refractivity contribution in [3.8, 4) is 5.75 Å².